The predicted molar refractivity (Wildman–Crippen MR) is 116 cm³/mol. The lowest BCUT2D eigenvalue weighted by Crippen LogP contribution is -2.13. The van der Waals surface area contributed by atoms with Crippen LogP contribution in [-0.4, -0.2) is 36.4 Å². The van der Waals surface area contributed by atoms with Crippen LogP contribution in [0.25, 0.3) is 0 Å². The average molecular weight is 420 g/mol. The van der Waals surface area contributed by atoms with Crippen LogP contribution in [0.4, 0.5) is 5.69 Å². The van der Waals surface area contributed by atoms with Crippen LogP contribution < -0.4 is 10.1 Å². The summed E-state index contributed by atoms with van der Waals surface area (Å²) in [6.45, 7) is 3.10. The van der Waals surface area contributed by atoms with Gasteiger partial charge >= 0.3 is 5.97 Å². The average Bonchev–Trinajstić information content (AvgIpc) is 3.15. The minimum absolute atomic E-state index is 0.232. The van der Waals surface area contributed by atoms with Crippen molar-refractivity contribution < 1.29 is 23.9 Å². The highest BCUT2D eigenvalue weighted by Crippen LogP contribution is 2.24. The van der Waals surface area contributed by atoms with Crippen LogP contribution in [-0.2, 0) is 27.3 Å². The van der Waals surface area contributed by atoms with Gasteiger partial charge in [0.2, 0.25) is 6.29 Å². The van der Waals surface area contributed by atoms with Crippen molar-refractivity contribution in [3.8, 4) is 5.75 Å². The summed E-state index contributed by atoms with van der Waals surface area (Å²) in [6.07, 6.45) is 4.28. The number of carbonyl (C=O) groups excluding carboxylic acids is 3. The summed E-state index contributed by atoms with van der Waals surface area (Å²) in [5, 5.41) is 2.61. The molecule has 3 aromatic rings. The lowest BCUT2D eigenvalue weighted by molar-refractivity contribution is -0.127. The fraction of sp³-hybridized carbons (Fsp3) is 0.208. The van der Waals surface area contributed by atoms with Crippen molar-refractivity contribution in [2.75, 3.05) is 19.0 Å². The van der Waals surface area contributed by atoms with Gasteiger partial charge in [-0.3, -0.25) is 9.59 Å². The largest absolute Gasteiger partial charge is 0.494 e. The summed E-state index contributed by atoms with van der Waals surface area (Å²) in [5.74, 6) is -0.359. The highest BCUT2D eigenvalue weighted by molar-refractivity contribution is 6.29. The molecule has 0 spiro atoms. The SMILES string of the molecule is CCOc1ccc(Cn2cc(Cc3ccccc3C(=O)OC)c(NC(=O)C=O)c2)cc1. The number of aromatic nitrogens is 1. The van der Waals surface area contributed by atoms with Crippen molar-refractivity contribution in [3.05, 3.63) is 83.2 Å². The monoisotopic (exact) mass is 420 g/mol. The molecule has 0 fully saturated rings. The van der Waals surface area contributed by atoms with Gasteiger partial charge in [0.05, 0.1) is 25.0 Å². The number of nitrogens with zero attached hydrogens (tertiary/aromatic N) is 1. The third-order valence-electron chi connectivity index (χ3n) is 4.73. The molecule has 3 rings (SSSR count). The van der Waals surface area contributed by atoms with Crippen molar-refractivity contribution in [2.24, 2.45) is 0 Å². The van der Waals surface area contributed by atoms with E-state index in [-0.39, 0.29) is 6.29 Å². The molecule has 0 saturated carbocycles. The molecular weight excluding hydrogens is 396 g/mol. The van der Waals surface area contributed by atoms with Crippen LogP contribution in [0.5, 0.6) is 5.75 Å². The fourth-order valence-corrected chi connectivity index (χ4v) is 3.32. The summed E-state index contributed by atoms with van der Waals surface area (Å²) < 4.78 is 12.3. The molecule has 0 aliphatic heterocycles. The molecule has 0 aliphatic carbocycles. The summed E-state index contributed by atoms with van der Waals surface area (Å²) >= 11 is 0. The molecule has 160 valence electrons. The van der Waals surface area contributed by atoms with Gasteiger partial charge in [-0.2, -0.15) is 0 Å². The molecule has 0 bridgehead atoms. The third-order valence-corrected chi connectivity index (χ3v) is 4.73. The number of hydrogen-bond donors (Lipinski definition) is 1. The van der Waals surface area contributed by atoms with Gasteiger partial charge in [-0.15, -0.1) is 0 Å². The van der Waals surface area contributed by atoms with Crippen LogP contribution in [0.3, 0.4) is 0 Å². The van der Waals surface area contributed by atoms with E-state index in [0.717, 1.165) is 22.4 Å². The Bertz CT molecular complexity index is 1070. The Kier molecular flexibility index (Phi) is 7.22. The molecule has 0 aliphatic rings. The zero-order valence-electron chi connectivity index (χ0n) is 17.5. The van der Waals surface area contributed by atoms with Crippen LogP contribution in [0.1, 0.15) is 34.0 Å². The predicted octanol–water partition coefficient (Wildman–Crippen LogP) is 3.45. The van der Waals surface area contributed by atoms with Gasteiger partial charge in [-0.1, -0.05) is 30.3 Å². The van der Waals surface area contributed by atoms with Crippen LogP contribution in [0.15, 0.2) is 60.9 Å². The Morgan fingerprint density at radius 2 is 1.77 bits per heavy atom. The second-order valence-electron chi connectivity index (χ2n) is 6.88. The zero-order valence-corrected chi connectivity index (χ0v) is 17.5. The maximum absolute atomic E-state index is 12.1. The normalized spacial score (nSPS) is 10.4. The number of carbonyl (C=O) groups is 3. The van der Waals surface area contributed by atoms with Crippen LogP contribution in [0, 0.1) is 0 Å². The standard InChI is InChI=1S/C24H24N2O5/c1-3-31-20-10-8-17(9-11-20)13-26-14-19(22(15-26)25-23(28)16-27)12-18-6-4-5-7-21(18)24(29)30-2/h4-11,14-16H,3,12-13H2,1-2H3,(H,25,28). The summed E-state index contributed by atoms with van der Waals surface area (Å²) in [4.78, 5) is 34.6. The Morgan fingerprint density at radius 1 is 1.03 bits per heavy atom. The van der Waals surface area contributed by atoms with Gasteiger partial charge in [0, 0.05) is 25.4 Å². The number of nitrogens with one attached hydrogen (secondary N) is 1. The van der Waals surface area contributed by atoms with Crippen molar-refractivity contribution in [1.29, 1.82) is 0 Å². The maximum Gasteiger partial charge on any atom is 0.338 e. The maximum atomic E-state index is 12.1. The number of rotatable bonds is 9. The van der Waals surface area contributed by atoms with E-state index in [0.29, 0.717) is 30.8 Å². The molecule has 1 heterocycles. The van der Waals surface area contributed by atoms with Gasteiger partial charge in [0.15, 0.2) is 0 Å². The molecule has 0 unspecified atom stereocenters. The number of amides is 1. The van der Waals surface area contributed by atoms with E-state index in [1.54, 1.807) is 18.3 Å². The molecule has 1 N–H and O–H groups in total. The Morgan fingerprint density at radius 3 is 2.45 bits per heavy atom. The topological polar surface area (TPSA) is 86.6 Å². The van der Waals surface area contributed by atoms with Crippen molar-refractivity contribution in [3.63, 3.8) is 0 Å². The Hall–Kier alpha value is -3.87. The second-order valence-corrected chi connectivity index (χ2v) is 6.88. The van der Waals surface area contributed by atoms with Crippen LogP contribution >= 0.6 is 0 Å². The lowest BCUT2D eigenvalue weighted by Gasteiger charge is -2.08. The first-order chi connectivity index (χ1) is 15.0. The van der Waals surface area contributed by atoms with E-state index in [1.807, 2.05) is 54.1 Å². The first-order valence-electron chi connectivity index (χ1n) is 9.86. The van der Waals surface area contributed by atoms with Crippen molar-refractivity contribution in [1.82, 2.24) is 4.57 Å². The van der Waals surface area contributed by atoms with Gasteiger partial charge in [0.25, 0.3) is 5.91 Å². The fourth-order valence-electron chi connectivity index (χ4n) is 3.32. The number of hydrogen-bond acceptors (Lipinski definition) is 5. The molecule has 7 heteroatoms. The molecule has 2 aromatic carbocycles. The molecule has 0 atom stereocenters. The third kappa shape index (κ3) is 5.60. The molecular formula is C24H24N2O5. The number of benzene rings is 2. The van der Waals surface area contributed by atoms with E-state index < -0.39 is 11.9 Å². The number of ether oxygens (including phenoxy) is 2. The number of esters is 1. The van der Waals surface area contributed by atoms with Gasteiger partial charge in [-0.25, -0.2) is 4.79 Å². The van der Waals surface area contributed by atoms with Crippen LogP contribution in [0.2, 0.25) is 0 Å². The minimum atomic E-state index is -0.735. The lowest BCUT2D eigenvalue weighted by atomic mass is 10.0. The van der Waals surface area contributed by atoms with Gasteiger partial charge in [0.1, 0.15) is 5.75 Å². The molecule has 1 aromatic heterocycles. The van der Waals surface area contributed by atoms with E-state index in [4.69, 9.17) is 9.47 Å². The smallest absolute Gasteiger partial charge is 0.338 e. The number of anilines is 1. The Labute approximate surface area is 180 Å². The first-order valence-corrected chi connectivity index (χ1v) is 9.86. The minimum Gasteiger partial charge on any atom is -0.494 e. The van der Waals surface area contributed by atoms with Gasteiger partial charge in [-0.05, 0) is 41.8 Å². The molecule has 31 heavy (non-hydrogen) atoms. The first kappa shape index (κ1) is 21.8. The molecule has 0 saturated heterocycles. The van der Waals surface area contributed by atoms with Crippen molar-refractivity contribution in [2.45, 2.75) is 19.9 Å². The summed E-state index contributed by atoms with van der Waals surface area (Å²) in [7, 11) is 1.34. The highest BCUT2D eigenvalue weighted by Gasteiger charge is 2.16. The number of aldehydes is 1. The Balaban J connectivity index is 1.89. The molecule has 1 amide bonds. The zero-order chi connectivity index (χ0) is 22.2. The molecule has 0 radical (unpaired) electrons. The van der Waals surface area contributed by atoms with E-state index in [9.17, 15) is 14.4 Å². The van der Waals surface area contributed by atoms with Gasteiger partial charge < -0.3 is 19.4 Å². The summed E-state index contributed by atoms with van der Waals surface area (Å²) in [6, 6.07) is 14.9. The van der Waals surface area contributed by atoms with Crippen molar-refractivity contribution >= 4 is 23.9 Å². The highest BCUT2D eigenvalue weighted by atomic mass is 16.5. The molecule has 7 nitrogen and oxygen atoms in total. The quantitative estimate of drug-likeness (QED) is 0.326. The second kappa shape index (κ2) is 10.2. The van der Waals surface area contributed by atoms with E-state index in [2.05, 4.69) is 5.32 Å². The van der Waals surface area contributed by atoms with E-state index >= 15 is 0 Å². The summed E-state index contributed by atoms with van der Waals surface area (Å²) in [5.41, 5.74) is 3.56. The number of methoxy groups -OCH3 is 1. The van der Waals surface area contributed by atoms with E-state index in [1.165, 1.54) is 7.11 Å².